The third-order valence-electron chi connectivity index (χ3n) is 4.97. The van der Waals surface area contributed by atoms with Crippen molar-refractivity contribution in [3.8, 4) is 0 Å². The number of hydrogen-bond donors (Lipinski definition) is 0. The summed E-state index contributed by atoms with van der Waals surface area (Å²) < 4.78 is 0. The zero-order chi connectivity index (χ0) is 11.4. The molecular formula is C15H29N. The van der Waals surface area contributed by atoms with E-state index in [0.717, 1.165) is 17.9 Å². The van der Waals surface area contributed by atoms with E-state index in [1.54, 1.807) is 0 Å². The van der Waals surface area contributed by atoms with Crippen molar-refractivity contribution in [2.24, 2.45) is 11.8 Å². The molecule has 2 fully saturated rings. The zero-order valence-corrected chi connectivity index (χ0v) is 11.3. The maximum absolute atomic E-state index is 2.73. The van der Waals surface area contributed by atoms with Crippen molar-refractivity contribution in [2.45, 2.75) is 71.3 Å². The van der Waals surface area contributed by atoms with Crippen LogP contribution in [0.4, 0.5) is 0 Å². The molecule has 1 heteroatoms. The summed E-state index contributed by atoms with van der Waals surface area (Å²) in [6.45, 7) is 7.51. The van der Waals surface area contributed by atoms with Gasteiger partial charge in [-0.25, -0.2) is 0 Å². The van der Waals surface area contributed by atoms with Crippen molar-refractivity contribution in [2.75, 3.05) is 13.1 Å². The average Bonchev–Trinajstić information content (AvgIpc) is 2.64. The van der Waals surface area contributed by atoms with Gasteiger partial charge in [0.15, 0.2) is 0 Å². The van der Waals surface area contributed by atoms with E-state index in [1.165, 1.54) is 64.5 Å². The highest BCUT2D eigenvalue weighted by atomic mass is 15.2. The number of hydrogen-bond acceptors (Lipinski definition) is 1. The molecule has 0 radical (unpaired) electrons. The van der Waals surface area contributed by atoms with E-state index < -0.39 is 0 Å². The van der Waals surface area contributed by atoms with E-state index in [0.29, 0.717) is 0 Å². The molecule has 0 spiro atoms. The first-order chi connectivity index (χ1) is 7.81. The largest absolute Gasteiger partial charge is 0.300 e. The Balaban J connectivity index is 1.62. The van der Waals surface area contributed by atoms with Gasteiger partial charge in [0.1, 0.15) is 0 Å². The van der Waals surface area contributed by atoms with Crippen LogP contribution in [0.3, 0.4) is 0 Å². The van der Waals surface area contributed by atoms with Gasteiger partial charge in [-0.15, -0.1) is 0 Å². The van der Waals surface area contributed by atoms with Gasteiger partial charge in [-0.05, 0) is 50.6 Å². The molecule has 2 aliphatic rings. The lowest BCUT2D eigenvalue weighted by Gasteiger charge is -2.42. The van der Waals surface area contributed by atoms with Gasteiger partial charge in [0, 0.05) is 6.04 Å². The van der Waals surface area contributed by atoms with E-state index in [1.807, 2.05) is 0 Å². The minimum Gasteiger partial charge on any atom is -0.300 e. The number of rotatable bonds is 6. The van der Waals surface area contributed by atoms with Crippen molar-refractivity contribution in [1.29, 1.82) is 0 Å². The van der Waals surface area contributed by atoms with E-state index >= 15 is 0 Å². The van der Waals surface area contributed by atoms with Crippen LogP contribution >= 0.6 is 0 Å². The van der Waals surface area contributed by atoms with E-state index in [2.05, 4.69) is 18.7 Å². The first kappa shape index (κ1) is 12.4. The Kier molecular flexibility index (Phi) is 4.69. The summed E-state index contributed by atoms with van der Waals surface area (Å²) in [5, 5.41) is 0. The van der Waals surface area contributed by atoms with E-state index in [9.17, 15) is 0 Å². The Morgan fingerprint density at radius 3 is 2.56 bits per heavy atom. The molecule has 94 valence electrons. The molecule has 1 heterocycles. The zero-order valence-electron chi connectivity index (χ0n) is 11.3. The third kappa shape index (κ3) is 3.00. The standard InChI is InChI=1S/C15H29N/c1-3-4-11-16-12-10-15(16)9-8-14-7-5-6-13(14)2/h13-15H,3-12H2,1-2H3/t13-,14?,15?/m1/s1. The van der Waals surface area contributed by atoms with Crippen LogP contribution in [0.1, 0.15) is 65.2 Å². The fraction of sp³-hybridized carbons (Fsp3) is 1.00. The lowest BCUT2D eigenvalue weighted by atomic mass is 9.88. The molecule has 1 aliphatic carbocycles. The Bertz CT molecular complexity index is 202. The van der Waals surface area contributed by atoms with Gasteiger partial charge in [0.25, 0.3) is 0 Å². The Morgan fingerprint density at radius 2 is 2.00 bits per heavy atom. The summed E-state index contributed by atoms with van der Waals surface area (Å²) >= 11 is 0. The lowest BCUT2D eigenvalue weighted by Crippen LogP contribution is -2.48. The molecule has 1 saturated carbocycles. The van der Waals surface area contributed by atoms with Gasteiger partial charge in [0.05, 0.1) is 0 Å². The normalized spacial score (nSPS) is 35.2. The number of unbranched alkanes of at least 4 members (excludes halogenated alkanes) is 1. The molecule has 0 bridgehead atoms. The predicted octanol–water partition coefficient (Wildman–Crippen LogP) is 4.08. The molecule has 1 saturated heterocycles. The Labute approximate surface area is 102 Å². The molecule has 1 aliphatic heterocycles. The van der Waals surface area contributed by atoms with Crippen molar-refractivity contribution in [1.82, 2.24) is 4.90 Å². The Morgan fingerprint density at radius 1 is 1.12 bits per heavy atom. The molecule has 3 atom stereocenters. The van der Waals surface area contributed by atoms with Crippen LogP contribution in [-0.4, -0.2) is 24.0 Å². The molecule has 2 unspecified atom stereocenters. The van der Waals surface area contributed by atoms with Crippen LogP contribution in [0, 0.1) is 11.8 Å². The molecule has 0 amide bonds. The summed E-state index contributed by atoms with van der Waals surface area (Å²) in [4.78, 5) is 2.73. The minimum absolute atomic E-state index is 0.958. The lowest BCUT2D eigenvalue weighted by molar-refractivity contribution is 0.0755. The third-order valence-corrected chi connectivity index (χ3v) is 4.97. The second-order valence-electron chi connectivity index (χ2n) is 6.08. The van der Waals surface area contributed by atoms with Gasteiger partial charge in [-0.2, -0.15) is 0 Å². The van der Waals surface area contributed by atoms with Crippen molar-refractivity contribution in [3.63, 3.8) is 0 Å². The highest BCUT2D eigenvalue weighted by molar-refractivity contribution is 4.84. The van der Waals surface area contributed by atoms with Gasteiger partial charge in [-0.1, -0.05) is 39.5 Å². The molecule has 2 rings (SSSR count). The second kappa shape index (κ2) is 6.05. The predicted molar refractivity (Wildman–Crippen MR) is 70.6 cm³/mol. The Hall–Kier alpha value is -0.0400. The average molecular weight is 223 g/mol. The molecule has 0 aromatic carbocycles. The van der Waals surface area contributed by atoms with Crippen LogP contribution in [0.5, 0.6) is 0 Å². The second-order valence-corrected chi connectivity index (χ2v) is 6.08. The van der Waals surface area contributed by atoms with Crippen LogP contribution in [0.15, 0.2) is 0 Å². The summed E-state index contributed by atoms with van der Waals surface area (Å²) in [6.07, 6.45) is 11.7. The summed E-state index contributed by atoms with van der Waals surface area (Å²) in [6, 6.07) is 0.958. The van der Waals surface area contributed by atoms with Gasteiger partial charge in [-0.3, -0.25) is 0 Å². The molecule has 0 aromatic heterocycles. The van der Waals surface area contributed by atoms with Crippen molar-refractivity contribution < 1.29 is 0 Å². The van der Waals surface area contributed by atoms with E-state index in [-0.39, 0.29) is 0 Å². The van der Waals surface area contributed by atoms with Gasteiger partial charge >= 0.3 is 0 Å². The molecule has 16 heavy (non-hydrogen) atoms. The molecule has 1 nitrogen and oxygen atoms in total. The smallest absolute Gasteiger partial charge is 0.0107 e. The highest BCUT2D eigenvalue weighted by Crippen LogP contribution is 2.36. The fourth-order valence-electron chi connectivity index (χ4n) is 3.53. The summed E-state index contributed by atoms with van der Waals surface area (Å²) in [5.74, 6) is 2.08. The van der Waals surface area contributed by atoms with Crippen molar-refractivity contribution >= 4 is 0 Å². The maximum Gasteiger partial charge on any atom is 0.0107 e. The number of nitrogens with zero attached hydrogens (tertiary/aromatic N) is 1. The molecule has 0 aromatic rings. The fourth-order valence-corrected chi connectivity index (χ4v) is 3.53. The first-order valence-corrected chi connectivity index (χ1v) is 7.55. The summed E-state index contributed by atoms with van der Waals surface area (Å²) in [7, 11) is 0. The van der Waals surface area contributed by atoms with Crippen molar-refractivity contribution in [3.05, 3.63) is 0 Å². The first-order valence-electron chi connectivity index (χ1n) is 7.55. The SMILES string of the molecule is CCCCN1CCC1CCC1CCC[C@H]1C. The van der Waals surface area contributed by atoms with E-state index in [4.69, 9.17) is 0 Å². The topological polar surface area (TPSA) is 3.24 Å². The van der Waals surface area contributed by atoms with Gasteiger partial charge in [0.2, 0.25) is 0 Å². The monoisotopic (exact) mass is 223 g/mol. The minimum atomic E-state index is 0.958. The molecular weight excluding hydrogens is 194 g/mol. The van der Waals surface area contributed by atoms with Crippen LogP contribution in [-0.2, 0) is 0 Å². The van der Waals surface area contributed by atoms with Crippen LogP contribution in [0.2, 0.25) is 0 Å². The highest BCUT2D eigenvalue weighted by Gasteiger charge is 2.29. The van der Waals surface area contributed by atoms with Crippen LogP contribution < -0.4 is 0 Å². The van der Waals surface area contributed by atoms with Gasteiger partial charge < -0.3 is 4.90 Å². The molecule has 0 N–H and O–H groups in total. The summed E-state index contributed by atoms with van der Waals surface area (Å²) in [5.41, 5.74) is 0. The number of likely N-dealkylation sites (tertiary alicyclic amines) is 1. The van der Waals surface area contributed by atoms with Crippen LogP contribution in [0.25, 0.3) is 0 Å². The maximum atomic E-state index is 2.73. The quantitative estimate of drug-likeness (QED) is 0.656.